The smallest absolute Gasteiger partial charge is 0.256 e. The third kappa shape index (κ3) is 2.31. The summed E-state index contributed by atoms with van der Waals surface area (Å²) in [6.07, 6.45) is 1.71. The highest BCUT2D eigenvalue weighted by Gasteiger charge is 2.02. The lowest BCUT2D eigenvalue weighted by Crippen LogP contribution is -1.95. The van der Waals surface area contributed by atoms with E-state index in [0.717, 1.165) is 0 Å². The molecule has 0 saturated carbocycles. The molecule has 0 aromatic carbocycles. The van der Waals surface area contributed by atoms with Gasteiger partial charge < -0.3 is 10.5 Å². The van der Waals surface area contributed by atoms with Crippen LogP contribution >= 0.6 is 12.4 Å². The molecule has 5 heteroatoms. The number of anilines is 1. The fraction of sp³-hybridized carbons (Fsp3) is 0.500. The van der Waals surface area contributed by atoms with Gasteiger partial charge in [0.15, 0.2) is 0 Å². The van der Waals surface area contributed by atoms with Gasteiger partial charge in [0.2, 0.25) is 0 Å². The monoisotopic (exact) mass is 177 g/mol. The second-order valence-corrected chi connectivity index (χ2v) is 2.00. The molecule has 0 aliphatic carbocycles. The summed E-state index contributed by atoms with van der Waals surface area (Å²) in [5.41, 5.74) is 6.11. The van der Waals surface area contributed by atoms with Crippen molar-refractivity contribution in [2.45, 2.75) is 6.92 Å². The summed E-state index contributed by atoms with van der Waals surface area (Å²) < 4.78 is 6.73. The van der Waals surface area contributed by atoms with Gasteiger partial charge in [0.25, 0.3) is 5.88 Å². The Kier molecular flexibility index (Phi) is 3.74. The van der Waals surface area contributed by atoms with Crippen LogP contribution in [0, 0.1) is 0 Å². The molecular formula is C6H12ClN3O. The van der Waals surface area contributed by atoms with Crippen molar-refractivity contribution in [1.29, 1.82) is 0 Å². The number of ether oxygens (including phenoxy) is 1. The number of nitrogens with two attached hydrogens (primary N) is 1. The highest BCUT2D eigenvalue weighted by atomic mass is 35.5. The number of aromatic nitrogens is 2. The van der Waals surface area contributed by atoms with E-state index in [0.29, 0.717) is 18.2 Å². The van der Waals surface area contributed by atoms with Crippen molar-refractivity contribution in [2.24, 2.45) is 7.05 Å². The second kappa shape index (κ2) is 4.08. The SMILES string of the molecule is CCOc1nn(C)cc1N.Cl. The maximum atomic E-state index is 5.52. The van der Waals surface area contributed by atoms with E-state index in [1.807, 2.05) is 6.92 Å². The summed E-state index contributed by atoms with van der Waals surface area (Å²) in [5.74, 6) is 0.519. The molecule has 1 aromatic heterocycles. The Morgan fingerprint density at radius 1 is 1.73 bits per heavy atom. The first-order valence-electron chi connectivity index (χ1n) is 3.16. The number of hydrogen-bond donors (Lipinski definition) is 1. The van der Waals surface area contributed by atoms with Gasteiger partial charge in [-0.2, -0.15) is 0 Å². The molecule has 0 bridgehead atoms. The standard InChI is InChI=1S/C6H11N3O.ClH/c1-3-10-6-5(7)4-9(2)8-6;/h4H,3,7H2,1-2H3;1H. The fourth-order valence-corrected chi connectivity index (χ4v) is 0.735. The van der Waals surface area contributed by atoms with Crippen LogP contribution < -0.4 is 10.5 Å². The van der Waals surface area contributed by atoms with Crippen molar-refractivity contribution in [2.75, 3.05) is 12.3 Å². The highest BCUT2D eigenvalue weighted by molar-refractivity contribution is 5.85. The van der Waals surface area contributed by atoms with E-state index in [-0.39, 0.29) is 12.4 Å². The number of nitrogens with zero attached hydrogens (tertiary/aromatic N) is 2. The van der Waals surface area contributed by atoms with Gasteiger partial charge in [-0.3, -0.25) is 4.68 Å². The Labute approximate surface area is 71.7 Å². The quantitative estimate of drug-likeness (QED) is 0.728. The average Bonchev–Trinajstić information content (AvgIpc) is 2.13. The van der Waals surface area contributed by atoms with Crippen LogP contribution in [0.3, 0.4) is 0 Å². The molecule has 4 nitrogen and oxygen atoms in total. The maximum absolute atomic E-state index is 5.52. The molecule has 64 valence electrons. The molecule has 11 heavy (non-hydrogen) atoms. The number of hydrogen-bond acceptors (Lipinski definition) is 3. The summed E-state index contributed by atoms with van der Waals surface area (Å²) in [6, 6.07) is 0. The van der Waals surface area contributed by atoms with Gasteiger partial charge in [0.05, 0.1) is 12.8 Å². The minimum Gasteiger partial charge on any atom is -0.475 e. The topological polar surface area (TPSA) is 53.1 Å². The second-order valence-electron chi connectivity index (χ2n) is 2.00. The summed E-state index contributed by atoms with van der Waals surface area (Å²) in [5, 5.41) is 3.97. The molecule has 0 aliphatic rings. The van der Waals surface area contributed by atoms with Crippen LogP contribution in [0.2, 0.25) is 0 Å². The Morgan fingerprint density at radius 3 is 2.73 bits per heavy atom. The van der Waals surface area contributed by atoms with Gasteiger partial charge in [-0.15, -0.1) is 17.5 Å². The van der Waals surface area contributed by atoms with E-state index < -0.39 is 0 Å². The number of nitrogen functional groups attached to an aromatic ring is 1. The van der Waals surface area contributed by atoms with Gasteiger partial charge in [-0.05, 0) is 6.92 Å². The maximum Gasteiger partial charge on any atom is 0.256 e. The minimum absolute atomic E-state index is 0. The Morgan fingerprint density at radius 2 is 2.36 bits per heavy atom. The fourth-order valence-electron chi connectivity index (χ4n) is 0.735. The summed E-state index contributed by atoms with van der Waals surface area (Å²) >= 11 is 0. The summed E-state index contributed by atoms with van der Waals surface area (Å²) in [7, 11) is 1.80. The van der Waals surface area contributed by atoms with Crippen LogP contribution in [0.5, 0.6) is 5.88 Å². The third-order valence-electron chi connectivity index (χ3n) is 1.10. The Balaban J connectivity index is 0.000001000. The molecule has 0 radical (unpaired) electrons. The molecule has 0 aliphatic heterocycles. The normalized spacial score (nSPS) is 8.91. The van der Waals surface area contributed by atoms with Crippen molar-refractivity contribution < 1.29 is 4.74 Å². The van der Waals surface area contributed by atoms with Crippen LogP contribution in [0.4, 0.5) is 5.69 Å². The van der Waals surface area contributed by atoms with E-state index in [4.69, 9.17) is 10.5 Å². The van der Waals surface area contributed by atoms with Gasteiger partial charge in [-0.25, -0.2) is 0 Å². The largest absolute Gasteiger partial charge is 0.475 e. The van der Waals surface area contributed by atoms with Crippen molar-refractivity contribution >= 4 is 18.1 Å². The summed E-state index contributed by atoms with van der Waals surface area (Å²) in [4.78, 5) is 0. The van der Waals surface area contributed by atoms with Gasteiger partial charge >= 0.3 is 0 Å². The first-order valence-corrected chi connectivity index (χ1v) is 3.16. The van der Waals surface area contributed by atoms with Gasteiger partial charge in [0.1, 0.15) is 5.69 Å². The highest BCUT2D eigenvalue weighted by Crippen LogP contribution is 2.16. The van der Waals surface area contributed by atoms with E-state index in [2.05, 4.69) is 5.10 Å². The van der Waals surface area contributed by atoms with Crippen molar-refractivity contribution in [1.82, 2.24) is 9.78 Å². The molecule has 0 saturated heterocycles. The van der Waals surface area contributed by atoms with Gasteiger partial charge in [-0.1, -0.05) is 0 Å². The van der Waals surface area contributed by atoms with Crippen LogP contribution in [-0.2, 0) is 7.05 Å². The number of rotatable bonds is 2. The zero-order chi connectivity index (χ0) is 7.56. The minimum atomic E-state index is 0. The Hall–Kier alpha value is -0.900. The number of aryl methyl sites for hydroxylation is 1. The van der Waals surface area contributed by atoms with E-state index in [1.165, 1.54) is 0 Å². The molecular weight excluding hydrogens is 166 g/mol. The summed E-state index contributed by atoms with van der Waals surface area (Å²) in [6.45, 7) is 2.50. The van der Waals surface area contributed by atoms with E-state index in [1.54, 1.807) is 17.9 Å². The lowest BCUT2D eigenvalue weighted by molar-refractivity contribution is 0.324. The molecule has 1 rings (SSSR count). The number of halogens is 1. The predicted molar refractivity (Wildman–Crippen MR) is 46.0 cm³/mol. The molecule has 0 spiro atoms. The van der Waals surface area contributed by atoms with Crippen molar-refractivity contribution in [3.63, 3.8) is 0 Å². The van der Waals surface area contributed by atoms with Crippen molar-refractivity contribution in [3.05, 3.63) is 6.20 Å². The van der Waals surface area contributed by atoms with E-state index in [9.17, 15) is 0 Å². The first-order chi connectivity index (χ1) is 4.74. The van der Waals surface area contributed by atoms with Crippen molar-refractivity contribution in [3.8, 4) is 5.88 Å². The van der Waals surface area contributed by atoms with Crippen LogP contribution in [0.15, 0.2) is 6.20 Å². The predicted octanol–water partition coefficient (Wildman–Crippen LogP) is 0.823. The molecule has 0 amide bonds. The van der Waals surface area contributed by atoms with Gasteiger partial charge in [0, 0.05) is 7.05 Å². The zero-order valence-corrected chi connectivity index (χ0v) is 7.39. The lowest BCUT2D eigenvalue weighted by Gasteiger charge is -1.96. The zero-order valence-electron chi connectivity index (χ0n) is 6.57. The molecule has 0 unspecified atom stereocenters. The van der Waals surface area contributed by atoms with E-state index >= 15 is 0 Å². The molecule has 1 aromatic rings. The first kappa shape index (κ1) is 10.1. The molecule has 0 fully saturated rings. The Bertz CT molecular complexity index is 224. The average molecular weight is 178 g/mol. The van der Waals surface area contributed by atoms with Crippen LogP contribution in [0.1, 0.15) is 6.92 Å². The third-order valence-corrected chi connectivity index (χ3v) is 1.10. The van der Waals surface area contributed by atoms with Crippen LogP contribution in [-0.4, -0.2) is 16.4 Å². The molecule has 2 N–H and O–H groups in total. The lowest BCUT2D eigenvalue weighted by atomic mass is 10.6. The van der Waals surface area contributed by atoms with Crippen LogP contribution in [0.25, 0.3) is 0 Å². The molecule has 0 atom stereocenters. The molecule has 1 heterocycles.